The minimum absolute atomic E-state index is 0. The van der Waals surface area contributed by atoms with Crippen molar-refractivity contribution in [1.29, 1.82) is 0 Å². The monoisotopic (exact) mass is 480 g/mol. The smallest absolute Gasteiger partial charge is 0.191 e. The highest BCUT2D eigenvalue weighted by Crippen LogP contribution is 2.18. The van der Waals surface area contributed by atoms with Crippen LogP contribution in [0.15, 0.2) is 53.7 Å². The van der Waals surface area contributed by atoms with Crippen LogP contribution in [0.5, 0.6) is 5.75 Å². The van der Waals surface area contributed by atoms with Crippen LogP contribution < -0.4 is 15.4 Å². The van der Waals surface area contributed by atoms with Crippen LogP contribution >= 0.6 is 24.0 Å². The van der Waals surface area contributed by atoms with Gasteiger partial charge in [-0.25, -0.2) is 4.99 Å². The second kappa shape index (κ2) is 11.8. The van der Waals surface area contributed by atoms with E-state index < -0.39 is 0 Å². The van der Waals surface area contributed by atoms with E-state index in [9.17, 15) is 0 Å². The van der Waals surface area contributed by atoms with Gasteiger partial charge in [-0.2, -0.15) is 0 Å². The SMILES string of the molecule is CCNC(=NCc1ccc(OCc2ccccn2)cc1)NC1CCCC1.I. The predicted octanol–water partition coefficient (Wildman–Crippen LogP) is 4.28. The minimum atomic E-state index is 0. The van der Waals surface area contributed by atoms with E-state index in [4.69, 9.17) is 9.73 Å². The van der Waals surface area contributed by atoms with Crippen molar-refractivity contribution in [3.05, 3.63) is 59.9 Å². The highest BCUT2D eigenvalue weighted by molar-refractivity contribution is 14.0. The summed E-state index contributed by atoms with van der Waals surface area (Å²) < 4.78 is 5.78. The van der Waals surface area contributed by atoms with Gasteiger partial charge in [-0.05, 0) is 49.6 Å². The molecule has 146 valence electrons. The lowest BCUT2D eigenvalue weighted by atomic mass is 10.2. The first kappa shape index (κ1) is 21.5. The number of aromatic nitrogens is 1. The topological polar surface area (TPSA) is 58.5 Å². The second-order valence-corrected chi connectivity index (χ2v) is 6.57. The van der Waals surface area contributed by atoms with Crippen molar-refractivity contribution in [3.63, 3.8) is 0 Å². The summed E-state index contributed by atoms with van der Waals surface area (Å²) in [5.41, 5.74) is 2.09. The van der Waals surface area contributed by atoms with Crippen LogP contribution in [-0.2, 0) is 13.2 Å². The van der Waals surface area contributed by atoms with Gasteiger partial charge in [-0.1, -0.05) is 31.0 Å². The Kier molecular flexibility index (Phi) is 9.38. The van der Waals surface area contributed by atoms with Crippen LogP contribution in [0, 0.1) is 0 Å². The van der Waals surface area contributed by atoms with Crippen molar-refractivity contribution in [2.24, 2.45) is 4.99 Å². The quantitative estimate of drug-likeness (QED) is 0.353. The van der Waals surface area contributed by atoms with Gasteiger partial charge in [0.2, 0.25) is 0 Å². The Balaban J connectivity index is 0.00000261. The highest BCUT2D eigenvalue weighted by Gasteiger charge is 2.15. The number of ether oxygens (including phenoxy) is 1. The van der Waals surface area contributed by atoms with Gasteiger partial charge in [0.15, 0.2) is 5.96 Å². The molecular weight excluding hydrogens is 451 g/mol. The summed E-state index contributed by atoms with van der Waals surface area (Å²) in [7, 11) is 0. The molecule has 1 aliphatic rings. The van der Waals surface area contributed by atoms with Crippen molar-refractivity contribution in [2.45, 2.75) is 51.8 Å². The lowest BCUT2D eigenvalue weighted by Crippen LogP contribution is -2.42. The third-order valence-corrected chi connectivity index (χ3v) is 4.50. The molecule has 0 saturated heterocycles. The molecule has 0 bridgehead atoms. The van der Waals surface area contributed by atoms with E-state index in [-0.39, 0.29) is 24.0 Å². The molecule has 1 aromatic heterocycles. The summed E-state index contributed by atoms with van der Waals surface area (Å²) in [5.74, 6) is 1.76. The van der Waals surface area contributed by atoms with E-state index in [1.165, 1.54) is 31.2 Å². The second-order valence-electron chi connectivity index (χ2n) is 6.57. The molecule has 6 heteroatoms. The van der Waals surface area contributed by atoms with E-state index in [1.54, 1.807) is 6.20 Å². The maximum Gasteiger partial charge on any atom is 0.191 e. The molecule has 0 aliphatic heterocycles. The predicted molar refractivity (Wildman–Crippen MR) is 121 cm³/mol. The van der Waals surface area contributed by atoms with Gasteiger partial charge in [0.25, 0.3) is 0 Å². The highest BCUT2D eigenvalue weighted by atomic mass is 127. The number of nitrogens with one attached hydrogen (secondary N) is 2. The fraction of sp³-hybridized carbons (Fsp3) is 0.429. The molecule has 2 aromatic rings. The normalized spacial score (nSPS) is 14.5. The maximum absolute atomic E-state index is 5.78. The molecule has 1 aromatic carbocycles. The van der Waals surface area contributed by atoms with Gasteiger partial charge in [0, 0.05) is 18.8 Å². The number of rotatable bonds is 7. The molecule has 2 N–H and O–H groups in total. The third kappa shape index (κ3) is 7.36. The molecule has 1 aliphatic carbocycles. The van der Waals surface area contributed by atoms with Crippen LogP contribution in [0.1, 0.15) is 43.9 Å². The molecule has 0 radical (unpaired) electrons. The van der Waals surface area contributed by atoms with Crippen LogP contribution in [0.25, 0.3) is 0 Å². The van der Waals surface area contributed by atoms with E-state index >= 15 is 0 Å². The van der Waals surface area contributed by atoms with Crippen LogP contribution in [0.4, 0.5) is 0 Å². The number of nitrogens with zero attached hydrogens (tertiary/aromatic N) is 2. The van der Waals surface area contributed by atoms with E-state index in [2.05, 4.69) is 34.7 Å². The Morgan fingerprint density at radius 2 is 1.93 bits per heavy atom. The zero-order valence-electron chi connectivity index (χ0n) is 15.9. The number of benzene rings is 1. The fourth-order valence-corrected chi connectivity index (χ4v) is 3.09. The maximum atomic E-state index is 5.78. The summed E-state index contributed by atoms with van der Waals surface area (Å²) in [6.07, 6.45) is 6.90. The molecule has 1 saturated carbocycles. The van der Waals surface area contributed by atoms with Crippen molar-refractivity contribution in [1.82, 2.24) is 15.6 Å². The standard InChI is InChI=1S/C21H28N4O.HI/c1-2-22-21(25-18-7-3-4-8-18)24-15-17-10-12-20(13-11-17)26-16-19-9-5-6-14-23-19;/h5-6,9-14,18H,2-4,7-8,15-16H2,1H3,(H2,22,24,25);1H. The summed E-state index contributed by atoms with van der Waals surface area (Å²) in [5, 5.41) is 6.88. The van der Waals surface area contributed by atoms with Crippen molar-refractivity contribution < 1.29 is 4.74 Å². The van der Waals surface area contributed by atoms with E-state index in [0.29, 0.717) is 19.2 Å². The zero-order chi connectivity index (χ0) is 18.0. The third-order valence-electron chi connectivity index (χ3n) is 4.50. The van der Waals surface area contributed by atoms with Crippen molar-refractivity contribution in [3.8, 4) is 5.75 Å². The summed E-state index contributed by atoms with van der Waals surface area (Å²) in [6, 6.07) is 14.5. The van der Waals surface area contributed by atoms with E-state index in [0.717, 1.165) is 23.9 Å². The Bertz CT molecular complexity index is 685. The van der Waals surface area contributed by atoms with E-state index in [1.807, 2.05) is 30.3 Å². The molecule has 1 heterocycles. The zero-order valence-corrected chi connectivity index (χ0v) is 18.2. The molecule has 0 unspecified atom stereocenters. The summed E-state index contributed by atoms with van der Waals surface area (Å²) in [6.45, 7) is 4.11. The number of hydrogen-bond acceptors (Lipinski definition) is 3. The van der Waals surface area contributed by atoms with Gasteiger partial charge < -0.3 is 15.4 Å². The molecule has 3 rings (SSSR count). The Morgan fingerprint density at radius 1 is 1.15 bits per heavy atom. The van der Waals surface area contributed by atoms with Crippen molar-refractivity contribution in [2.75, 3.05) is 6.54 Å². The molecule has 0 atom stereocenters. The van der Waals surface area contributed by atoms with Gasteiger partial charge in [0.1, 0.15) is 12.4 Å². The summed E-state index contributed by atoms with van der Waals surface area (Å²) >= 11 is 0. The van der Waals surface area contributed by atoms with Crippen LogP contribution in [0.2, 0.25) is 0 Å². The Morgan fingerprint density at radius 3 is 2.59 bits per heavy atom. The molecule has 0 spiro atoms. The largest absolute Gasteiger partial charge is 0.487 e. The van der Waals surface area contributed by atoms with Gasteiger partial charge >= 0.3 is 0 Å². The summed E-state index contributed by atoms with van der Waals surface area (Å²) in [4.78, 5) is 8.98. The minimum Gasteiger partial charge on any atom is -0.487 e. The molecule has 5 nitrogen and oxygen atoms in total. The number of pyridine rings is 1. The van der Waals surface area contributed by atoms with Gasteiger partial charge in [0.05, 0.1) is 12.2 Å². The lowest BCUT2D eigenvalue weighted by molar-refractivity contribution is 0.301. The van der Waals surface area contributed by atoms with Crippen molar-refractivity contribution >= 4 is 29.9 Å². The average molecular weight is 480 g/mol. The first-order chi connectivity index (χ1) is 12.8. The molecule has 27 heavy (non-hydrogen) atoms. The average Bonchev–Trinajstić information content (AvgIpc) is 3.19. The first-order valence-corrected chi connectivity index (χ1v) is 9.50. The van der Waals surface area contributed by atoms with Crippen LogP contribution in [0.3, 0.4) is 0 Å². The molecule has 1 fully saturated rings. The number of guanidine groups is 1. The number of halogens is 1. The Labute approximate surface area is 179 Å². The molecule has 0 amide bonds. The first-order valence-electron chi connectivity index (χ1n) is 9.50. The fourth-order valence-electron chi connectivity index (χ4n) is 3.09. The Hall–Kier alpha value is -1.83. The number of aliphatic imine (C=N–C) groups is 1. The van der Waals surface area contributed by atoms with Gasteiger partial charge in [-0.15, -0.1) is 24.0 Å². The molecular formula is C21H29IN4O. The van der Waals surface area contributed by atoms with Crippen LogP contribution in [-0.4, -0.2) is 23.5 Å². The van der Waals surface area contributed by atoms with Gasteiger partial charge in [-0.3, -0.25) is 4.98 Å². The lowest BCUT2D eigenvalue weighted by Gasteiger charge is -2.16. The number of hydrogen-bond donors (Lipinski definition) is 2.